The Hall–Kier alpha value is -1.79. The third-order valence-corrected chi connectivity index (χ3v) is 5.58. The van der Waals surface area contributed by atoms with Crippen molar-refractivity contribution in [1.29, 1.82) is 0 Å². The summed E-state index contributed by atoms with van der Waals surface area (Å²) in [4.78, 5) is 16.0. The molecule has 1 spiro atoms. The minimum absolute atomic E-state index is 0.0133. The molecular formula is C20H31N3O3. The van der Waals surface area contributed by atoms with Crippen LogP contribution in [0.4, 0.5) is 4.79 Å². The molecule has 1 aromatic carbocycles. The highest BCUT2D eigenvalue weighted by atomic mass is 16.5. The molecule has 0 saturated carbocycles. The Morgan fingerprint density at radius 3 is 2.77 bits per heavy atom. The first kappa shape index (κ1) is 19.0. The molecule has 6 heteroatoms. The van der Waals surface area contributed by atoms with E-state index in [0.717, 1.165) is 57.7 Å². The van der Waals surface area contributed by atoms with E-state index in [1.165, 1.54) is 5.56 Å². The number of nitrogens with one attached hydrogen (secondary N) is 1. The van der Waals surface area contributed by atoms with Gasteiger partial charge in [-0.15, -0.1) is 0 Å². The van der Waals surface area contributed by atoms with Crippen LogP contribution in [-0.2, 0) is 11.3 Å². The SMILES string of the molecule is COc1ccccc1CN1CCC2(CC1)C[C@@H](NC(=O)N(C)C)CCO2. The van der Waals surface area contributed by atoms with E-state index in [2.05, 4.69) is 22.3 Å². The van der Waals surface area contributed by atoms with Crippen LogP contribution < -0.4 is 10.1 Å². The van der Waals surface area contributed by atoms with E-state index < -0.39 is 0 Å². The molecule has 2 aliphatic rings. The second kappa shape index (κ2) is 8.27. The number of methoxy groups -OCH3 is 1. The van der Waals surface area contributed by atoms with Crippen molar-refractivity contribution in [2.45, 2.75) is 43.9 Å². The summed E-state index contributed by atoms with van der Waals surface area (Å²) in [6, 6.07) is 8.41. The lowest BCUT2D eigenvalue weighted by molar-refractivity contribution is -0.119. The van der Waals surface area contributed by atoms with E-state index in [1.54, 1.807) is 26.1 Å². The fourth-order valence-electron chi connectivity index (χ4n) is 4.00. The average molecular weight is 361 g/mol. The number of carbonyl (C=O) groups is 1. The molecule has 0 aliphatic carbocycles. The standard InChI is InChI=1S/C20H31N3O3/c1-22(2)19(24)21-17-8-13-26-20(14-17)9-11-23(12-10-20)15-16-6-4-5-7-18(16)25-3/h4-7,17H,8-15H2,1-3H3,(H,21,24)/t17-/m0/s1. The fourth-order valence-corrected chi connectivity index (χ4v) is 4.00. The summed E-state index contributed by atoms with van der Waals surface area (Å²) in [7, 11) is 5.28. The molecule has 1 atom stereocenters. The highest BCUT2D eigenvalue weighted by Gasteiger charge is 2.40. The molecule has 26 heavy (non-hydrogen) atoms. The predicted octanol–water partition coefficient (Wildman–Crippen LogP) is 2.48. The Kier molecular flexibility index (Phi) is 6.04. The maximum atomic E-state index is 12.0. The van der Waals surface area contributed by atoms with Crippen molar-refractivity contribution in [3.63, 3.8) is 0 Å². The zero-order valence-corrected chi connectivity index (χ0v) is 16.2. The van der Waals surface area contributed by atoms with Crippen LogP contribution in [0.1, 0.15) is 31.2 Å². The van der Waals surface area contributed by atoms with E-state index in [4.69, 9.17) is 9.47 Å². The second-order valence-electron chi connectivity index (χ2n) is 7.65. The minimum Gasteiger partial charge on any atom is -0.496 e. The summed E-state index contributed by atoms with van der Waals surface area (Å²) in [5.41, 5.74) is 1.14. The van der Waals surface area contributed by atoms with Crippen LogP contribution in [0, 0.1) is 0 Å². The first-order valence-corrected chi connectivity index (χ1v) is 9.47. The van der Waals surface area contributed by atoms with Crippen LogP contribution in [0.15, 0.2) is 24.3 Å². The van der Waals surface area contributed by atoms with Gasteiger partial charge in [-0.25, -0.2) is 4.79 Å². The molecule has 0 bridgehead atoms. The largest absolute Gasteiger partial charge is 0.496 e. The number of likely N-dealkylation sites (tertiary alicyclic amines) is 1. The van der Waals surface area contributed by atoms with E-state index in [1.807, 2.05) is 12.1 Å². The maximum absolute atomic E-state index is 12.0. The van der Waals surface area contributed by atoms with Gasteiger partial charge in [-0.05, 0) is 31.7 Å². The summed E-state index contributed by atoms with van der Waals surface area (Å²) in [6.45, 7) is 3.64. The molecule has 0 unspecified atom stereocenters. The van der Waals surface area contributed by atoms with Crippen molar-refractivity contribution in [2.24, 2.45) is 0 Å². The number of urea groups is 1. The molecular weight excluding hydrogens is 330 g/mol. The van der Waals surface area contributed by atoms with E-state index in [-0.39, 0.29) is 17.7 Å². The Balaban J connectivity index is 1.54. The lowest BCUT2D eigenvalue weighted by atomic mass is 9.82. The van der Waals surface area contributed by atoms with Gasteiger partial charge in [0.05, 0.1) is 12.7 Å². The fraction of sp³-hybridized carbons (Fsp3) is 0.650. The number of carbonyl (C=O) groups excluding carboxylic acids is 1. The predicted molar refractivity (Wildman–Crippen MR) is 101 cm³/mol. The number of hydrogen-bond donors (Lipinski definition) is 1. The van der Waals surface area contributed by atoms with Crippen LogP contribution in [-0.4, -0.2) is 68.4 Å². The van der Waals surface area contributed by atoms with Crippen LogP contribution in [0.3, 0.4) is 0 Å². The summed E-state index contributed by atoms with van der Waals surface area (Å²) in [5, 5.41) is 3.13. The van der Waals surface area contributed by atoms with Crippen molar-refractivity contribution in [3.8, 4) is 5.75 Å². The first-order valence-electron chi connectivity index (χ1n) is 9.47. The van der Waals surface area contributed by atoms with Crippen LogP contribution >= 0.6 is 0 Å². The number of piperidine rings is 1. The van der Waals surface area contributed by atoms with E-state index >= 15 is 0 Å². The zero-order chi connectivity index (χ0) is 18.6. The minimum atomic E-state index is -0.0835. The van der Waals surface area contributed by atoms with Crippen molar-refractivity contribution in [3.05, 3.63) is 29.8 Å². The number of amides is 2. The van der Waals surface area contributed by atoms with Gasteiger partial charge in [-0.1, -0.05) is 18.2 Å². The Morgan fingerprint density at radius 2 is 2.08 bits per heavy atom. The topological polar surface area (TPSA) is 54.0 Å². The molecule has 144 valence electrons. The highest BCUT2D eigenvalue weighted by molar-refractivity contribution is 5.73. The maximum Gasteiger partial charge on any atom is 0.317 e. The molecule has 2 fully saturated rings. The van der Waals surface area contributed by atoms with Crippen molar-refractivity contribution < 1.29 is 14.3 Å². The van der Waals surface area contributed by atoms with Gasteiger partial charge in [0.15, 0.2) is 0 Å². The number of ether oxygens (including phenoxy) is 2. The van der Waals surface area contributed by atoms with Gasteiger partial charge in [0.25, 0.3) is 0 Å². The molecule has 2 saturated heterocycles. The second-order valence-corrected chi connectivity index (χ2v) is 7.65. The third kappa shape index (κ3) is 4.48. The Bertz CT molecular complexity index is 612. The monoisotopic (exact) mass is 361 g/mol. The average Bonchev–Trinajstić information content (AvgIpc) is 2.64. The summed E-state index contributed by atoms with van der Waals surface area (Å²) in [5.74, 6) is 0.952. The van der Waals surface area contributed by atoms with Gasteiger partial charge in [0.1, 0.15) is 5.75 Å². The van der Waals surface area contributed by atoms with Gasteiger partial charge in [-0.2, -0.15) is 0 Å². The van der Waals surface area contributed by atoms with Crippen molar-refractivity contribution in [2.75, 3.05) is 40.9 Å². The van der Waals surface area contributed by atoms with Gasteiger partial charge in [0, 0.05) is 51.9 Å². The number of para-hydroxylation sites is 1. The van der Waals surface area contributed by atoms with Crippen molar-refractivity contribution in [1.82, 2.24) is 15.1 Å². The van der Waals surface area contributed by atoms with Crippen LogP contribution in [0.25, 0.3) is 0 Å². The first-order chi connectivity index (χ1) is 12.5. The number of rotatable bonds is 4. The van der Waals surface area contributed by atoms with Gasteiger partial charge < -0.3 is 19.7 Å². The number of benzene rings is 1. The zero-order valence-electron chi connectivity index (χ0n) is 16.2. The van der Waals surface area contributed by atoms with Crippen LogP contribution in [0.2, 0.25) is 0 Å². The van der Waals surface area contributed by atoms with Crippen LogP contribution in [0.5, 0.6) is 5.75 Å². The molecule has 1 aromatic rings. The lowest BCUT2D eigenvalue weighted by Crippen LogP contribution is -2.54. The summed E-state index contributed by atoms with van der Waals surface area (Å²) >= 11 is 0. The lowest BCUT2D eigenvalue weighted by Gasteiger charge is -2.46. The molecule has 2 amide bonds. The number of hydrogen-bond acceptors (Lipinski definition) is 4. The summed E-state index contributed by atoms with van der Waals surface area (Å²) in [6.07, 6.45) is 3.83. The highest BCUT2D eigenvalue weighted by Crippen LogP contribution is 2.36. The smallest absolute Gasteiger partial charge is 0.317 e. The normalized spacial score (nSPS) is 22.8. The molecule has 2 heterocycles. The summed E-state index contributed by atoms with van der Waals surface area (Å²) < 4.78 is 11.7. The quantitative estimate of drug-likeness (QED) is 0.895. The van der Waals surface area contributed by atoms with E-state index in [0.29, 0.717) is 0 Å². The molecule has 3 rings (SSSR count). The Labute approximate surface area is 156 Å². The number of nitrogens with zero attached hydrogens (tertiary/aromatic N) is 2. The van der Waals surface area contributed by atoms with Gasteiger partial charge in [0.2, 0.25) is 0 Å². The molecule has 2 aliphatic heterocycles. The van der Waals surface area contributed by atoms with Gasteiger partial charge >= 0.3 is 6.03 Å². The molecule has 6 nitrogen and oxygen atoms in total. The third-order valence-electron chi connectivity index (χ3n) is 5.58. The van der Waals surface area contributed by atoms with Crippen molar-refractivity contribution >= 4 is 6.03 Å². The van der Waals surface area contributed by atoms with E-state index in [9.17, 15) is 4.79 Å². The molecule has 0 aromatic heterocycles. The Morgan fingerprint density at radius 1 is 1.35 bits per heavy atom. The molecule has 0 radical (unpaired) electrons. The van der Waals surface area contributed by atoms with Gasteiger partial charge in [-0.3, -0.25) is 4.90 Å². The molecule has 1 N–H and O–H groups in total.